The van der Waals surface area contributed by atoms with Crippen LogP contribution in [-0.4, -0.2) is 51.9 Å². The highest BCUT2D eigenvalue weighted by molar-refractivity contribution is 7.89. The number of sulfonamides is 1. The molecule has 0 aliphatic carbocycles. The molecule has 0 aromatic heterocycles. The fraction of sp³-hybridized carbons (Fsp3) is 0.471. The number of nitrogens with zero attached hydrogens (tertiary/aromatic N) is 1. The monoisotopic (exact) mass is 405 g/mol. The lowest BCUT2D eigenvalue weighted by atomic mass is 10.1. The second-order valence-corrected chi connectivity index (χ2v) is 8.02. The molecule has 1 heterocycles. The van der Waals surface area contributed by atoms with Gasteiger partial charge < -0.3 is 10.6 Å². The van der Waals surface area contributed by atoms with Gasteiger partial charge in [0.2, 0.25) is 15.9 Å². The van der Waals surface area contributed by atoms with Crippen LogP contribution in [0.3, 0.4) is 0 Å². The lowest BCUT2D eigenvalue weighted by molar-refractivity contribution is -0.121. The van der Waals surface area contributed by atoms with E-state index >= 15 is 0 Å². The van der Waals surface area contributed by atoms with Gasteiger partial charge in [0, 0.05) is 33.1 Å². The highest BCUT2D eigenvalue weighted by Crippen LogP contribution is 2.15. The highest BCUT2D eigenvalue weighted by Gasteiger charge is 2.20. The molecule has 146 valence electrons. The Bertz CT molecular complexity index is 723. The molecule has 1 aliphatic heterocycles. The Balaban J connectivity index is 0.00000338. The Morgan fingerprint density at radius 2 is 2.00 bits per heavy atom. The maximum Gasteiger partial charge on any atom is 0.242 e. The maximum absolute atomic E-state index is 12.9. The smallest absolute Gasteiger partial charge is 0.242 e. The van der Waals surface area contributed by atoms with Crippen LogP contribution in [-0.2, 0) is 14.8 Å². The summed E-state index contributed by atoms with van der Waals surface area (Å²) in [5, 5.41) is 6.07. The van der Waals surface area contributed by atoms with Crippen molar-refractivity contribution in [1.29, 1.82) is 0 Å². The Morgan fingerprint density at radius 1 is 1.31 bits per heavy atom. The van der Waals surface area contributed by atoms with Gasteiger partial charge in [-0.3, -0.25) is 4.79 Å². The summed E-state index contributed by atoms with van der Waals surface area (Å²) >= 11 is 0. The molecule has 0 saturated heterocycles. The van der Waals surface area contributed by atoms with E-state index in [2.05, 4.69) is 16.7 Å². The van der Waals surface area contributed by atoms with Crippen molar-refractivity contribution < 1.29 is 17.6 Å². The van der Waals surface area contributed by atoms with E-state index in [0.717, 1.165) is 31.6 Å². The number of nitrogens with one attached hydrogen (secondary N) is 2. The zero-order chi connectivity index (χ0) is 18.3. The Kier molecular flexibility index (Phi) is 9.21. The fourth-order valence-electron chi connectivity index (χ4n) is 2.50. The molecule has 26 heavy (non-hydrogen) atoms. The zero-order valence-electron chi connectivity index (χ0n) is 14.7. The molecule has 1 aliphatic rings. The van der Waals surface area contributed by atoms with Crippen LogP contribution in [0.1, 0.15) is 19.3 Å². The van der Waals surface area contributed by atoms with E-state index in [1.165, 1.54) is 29.1 Å². The molecule has 0 radical (unpaired) electrons. The van der Waals surface area contributed by atoms with Crippen molar-refractivity contribution in [3.63, 3.8) is 0 Å². The predicted molar refractivity (Wildman–Crippen MR) is 101 cm³/mol. The van der Waals surface area contributed by atoms with E-state index in [-0.39, 0.29) is 36.2 Å². The van der Waals surface area contributed by atoms with Crippen molar-refractivity contribution in [3.8, 4) is 0 Å². The van der Waals surface area contributed by atoms with Crippen molar-refractivity contribution in [3.05, 3.63) is 41.7 Å². The first-order valence-electron chi connectivity index (χ1n) is 8.27. The summed E-state index contributed by atoms with van der Waals surface area (Å²) < 4.78 is 38.8. The van der Waals surface area contributed by atoms with Gasteiger partial charge >= 0.3 is 0 Å². The summed E-state index contributed by atoms with van der Waals surface area (Å²) in [6, 6.07) is 4.70. The lowest BCUT2D eigenvalue weighted by Crippen LogP contribution is -2.31. The lowest BCUT2D eigenvalue weighted by Gasteiger charge is -2.17. The van der Waals surface area contributed by atoms with Gasteiger partial charge in [0.25, 0.3) is 0 Å². The maximum atomic E-state index is 12.9. The van der Waals surface area contributed by atoms with Gasteiger partial charge in [-0.25, -0.2) is 17.1 Å². The van der Waals surface area contributed by atoms with Crippen LogP contribution >= 0.6 is 12.4 Å². The number of benzene rings is 1. The van der Waals surface area contributed by atoms with Gasteiger partial charge in [-0.1, -0.05) is 11.6 Å². The SMILES string of the molecule is CN(CCCC(=O)NCC1=CCNCC1)S(=O)(=O)c1ccc(F)cc1.Cl. The van der Waals surface area contributed by atoms with Crippen molar-refractivity contribution in [2.45, 2.75) is 24.2 Å². The summed E-state index contributed by atoms with van der Waals surface area (Å²) in [6.07, 6.45) is 3.68. The number of carbonyl (C=O) groups is 1. The first-order valence-corrected chi connectivity index (χ1v) is 9.71. The van der Waals surface area contributed by atoms with Crippen molar-refractivity contribution in [1.82, 2.24) is 14.9 Å². The molecule has 0 spiro atoms. The first-order chi connectivity index (χ1) is 11.9. The third-order valence-corrected chi connectivity index (χ3v) is 5.94. The Labute approximate surface area is 160 Å². The Hall–Kier alpha value is -1.48. The molecular formula is C17H25ClFN3O3S. The molecule has 1 aromatic rings. The average Bonchev–Trinajstić information content (AvgIpc) is 2.61. The molecule has 0 saturated carbocycles. The van der Waals surface area contributed by atoms with E-state index in [1.807, 2.05) is 0 Å². The van der Waals surface area contributed by atoms with Crippen molar-refractivity contribution >= 4 is 28.3 Å². The average molecular weight is 406 g/mol. The minimum atomic E-state index is -3.66. The third kappa shape index (κ3) is 6.68. The topological polar surface area (TPSA) is 78.5 Å². The molecule has 2 N–H and O–H groups in total. The molecule has 9 heteroatoms. The van der Waals surface area contributed by atoms with Crippen molar-refractivity contribution in [2.75, 3.05) is 33.2 Å². The number of hydrogen-bond donors (Lipinski definition) is 2. The van der Waals surface area contributed by atoms with E-state index in [1.54, 1.807) is 0 Å². The van der Waals surface area contributed by atoms with Gasteiger partial charge in [-0.2, -0.15) is 0 Å². The molecule has 2 rings (SSSR count). The number of rotatable bonds is 8. The molecule has 1 amide bonds. The van der Waals surface area contributed by atoms with Gasteiger partial charge in [0.05, 0.1) is 4.90 Å². The van der Waals surface area contributed by atoms with Crippen molar-refractivity contribution in [2.24, 2.45) is 0 Å². The number of amides is 1. The summed E-state index contributed by atoms with van der Waals surface area (Å²) in [5.74, 6) is -0.575. The largest absolute Gasteiger partial charge is 0.352 e. The molecule has 0 bridgehead atoms. The third-order valence-electron chi connectivity index (χ3n) is 4.07. The zero-order valence-corrected chi connectivity index (χ0v) is 16.3. The summed E-state index contributed by atoms with van der Waals surface area (Å²) in [6.45, 7) is 2.52. The molecule has 1 aromatic carbocycles. The van der Waals surface area contributed by atoms with E-state index in [4.69, 9.17) is 0 Å². The minimum absolute atomic E-state index is 0. The van der Waals surface area contributed by atoms with Crippen LogP contribution in [0.2, 0.25) is 0 Å². The quantitative estimate of drug-likeness (QED) is 0.645. The van der Waals surface area contributed by atoms with Gasteiger partial charge in [-0.05, 0) is 43.7 Å². The predicted octanol–water partition coefficient (Wildman–Crippen LogP) is 1.68. The molecule has 0 fully saturated rings. The highest BCUT2D eigenvalue weighted by atomic mass is 35.5. The number of carbonyl (C=O) groups excluding carboxylic acids is 1. The Morgan fingerprint density at radius 3 is 2.62 bits per heavy atom. The van der Waals surface area contributed by atoms with E-state index < -0.39 is 15.8 Å². The molecular weight excluding hydrogens is 381 g/mol. The van der Waals surface area contributed by atoms with Crippen LogP contribution in [0, 0.1) is 5.82 Å². The number of hydrogen-bond acceptors (Lipinski definition) is 4. The normalized spacial score (nSPS) is 14.5. The molecule has 0 unspecified atom stereocenters. The van der Waals surface area contributed by atoms with Crippen LogP contribution in [0.5, 0.6) is 0 Å². The summed E-state index contributed by atoms with van der Waals surface area (Å²) in [4.78, 5) is 11.9. The molecule has 0 atom stereocenters. The number of halogens is 2. The van der Waals surface area contributed by atoms with Crippen LogP contribution in [0.25, 0.3) is 0 Å². The van der Waals surface area contributed by atoms with Gasteiger partial charge in [-0.15, -0.1) is 12.4 Å². The fourth-order valence-corrected chi connectivity index (χ4v) is 3.71. The summed E-state index contributed by atoms with van der Waals surface area (Å²) in [7, 11) is -2.21. The second-order valence-electron chi connectivity index (χ2n) is 5.98. The standard InChI is InChI=1S/C17H24FN3O3S.ClH/c1-21(25(23,24)16-6-4-15(18)5-7-16)12-2-3-17(22)20-13-14-8-10-19-11-9-14;/h4-8,19H,2-3,9-13H2,1H3,(H,20,22);1H. The van der Waals surface area contributed by atoms with Gasteiger partial charge in [0.1, 0.15) is 5.82 Å². The molecule has 6 nitrogen and oxygen atoms in total. The van der Waals surface area contributed by atoms with Crippen LogP contribution in [0.4, 0.5) is 4.39 Å². The van der Waals surface area contributed by atoms with E-state index in [0.29, 0.717) is 13.0 Å². The minimum Gasteiger partial charge on any atom is -0.352 e. The van der Waals surface area contributed by atoms with E-state index in [9.17, 15) is 17.6 Å². The summed E-state index contributed by atoms with van der Waals surface area (Å²) in [5.41, 5.74) is 1.21. The van der Waals surface area contributed by atoms with Crippen LogP contribution < -0.4 is 10.6 Å². The second kappa shape index (κ2) is 10.6. The van der Waals surface area contributed by atoms with Gasteiger partial charge in [0.15, 0.2) is 0 Å². The first kappa shape index (κ1) is 22.6. The van der Waals surface area contributed by atoms with Crippen LogP contribution in [0.15, 0.2) is 40.8 Å².